The molecule has 0 bridgehead atoms. The van der Waals surface area contributed by atoms with Crippen molar-refractivity contribution in [1.29, 1.82) is 0 Å². The Labute approximate surface area is 239 Å². The largest absolute Gasteiger partial charge is 0.481 e. The molecule has 0 radical (unpaired) electrons. The predicted molar refractivity (Wildman–Crippen MR) is 149 cm³/mol. The van der Waals surface area contributed by atoms with Gasteiger partial charge in [0.05, 0.1) is 12.7 Å². The molecular weight excluding hydrogens is 551 g/mol. The molecule has 0 amide bonds. The van der Waals surface area contributed by atoms with Crippen LogP contribution in [0.5, 0.6) is 0 Å². The molecule has 1 aliphatic carbocycles. The molecule has 2 aromatic heterocycles. The lowest BCUT2D eigenvalue weighted by Gasteiger charge is -2.34. The number of esters is 1. The number of imidazole rings is 1. The molecule has 1 saturated carbocycles. The lowest BCUT2D eigenvalue weighted by molar-refractivity contribution is -0.138. The number of aromatic nitrogens is 4. The molecule has 0 aliphatic heterocycles. The van der Waals surface area contributed by atoms with E-state index in [4.69, 9.17) is 9.72 Å². The van der Waals surface area contributed by atoms with Gasteiger partial charge in [-0.25, -0.2) is 19.7 Å². The smallest absolute Gasteiger partial charge is 0.416 e. The highest BCUT2D eigenvalue weighted by Crippen LogP contribution is 2.36. The molecular formula is C30H30F3N5O4. The van der Waals surface area contributed by atoms with Crippen LogP contribution in [-0.2, 0) is 22.3 Å². The highest BCUT2D eigenvalue weighted by molar-refractivity contribution is 5.93. The number of nitrogens with one attached hydrogen (secondary N) is 1. The molecule has 1 atom stereocenters. The summed E-state index contributed by atoms with van der Waals surface area (Å²) >= 11 is 0. The van der Waals surface area contributed by atoms with Crippen LogP contribution in [0.15, 0.2) is 48.5 Å². The lowest BCUT2D eigenvalue weighted by Crippen LogP contribution is -2.35. The average Bonchev–Trinajstić information content (AvgIpc) is 3.28. The van der Waals surface area contributed by atoms with Crippen molar-refractivity contribution in [3.63, 3.8) is 0 Å². The highest BCUT2D eigenvalue weighted by Gasteiger charge is 2.31. The molecule has 1 unspecified atom stereocenters. The van der Waals surface area contributed by atoms with Gasteiger partial charge in [-0.1, -0.05) is 42.3 Å². The number of methoxy groups -OCH3 is 1. The summed E-state index contributed by atoms with van der Waals surface area (Å²) in [6, 6.07) is 12.2. The Morgan fingerprint density at radius 1 is 1.12 bits per heavy atom. The first kappa shape index (κ1) is 29.0. The van der Waals surface area contributed by atoms with Crippen LogP contribution < -0.4 is 5.32 Å². The molecule has 42 heavy (non-hydrogen) atoms. The van der Waals surface area contributed by atoms with Gasteiger partial charge in [-0.2, -0.15) is 13.2 Å². The average molecular weight is 582 g/mol. The number of alkyl halides is 3. The molecule has 2 heterocycles. The summed E-state index contributed by atoms with van der Waals surface area (Å²) in [4.78, 5) is 37.6. The van der Waals surface area contributed by atoms with Crippen LogP contribution in [0.4, 0.5) is 19.0 Å². The highest BCUT2D eigenvalue weighted by atomic mass is 19.4. The number of ether oxygens (including phenoxy) is 1. The summed E-state index contributed by atoms with van der Waals surface area (Å²) in [6.07, 6.45) is -1.29. The van der Waals surface area contributed by atoms with Gasteiger partial charge in [-0.05, 0) is 55.9 Å². The number of fused-ring (bicyclic) bond motifs is 1. The van der Waals surface area contributed by atoms with E-state index in [1.54, 1.807) is 0 Å². The van der Waals surface area contributed by atoms with E-state index in [0.29, 0.717) is 23.3 Å². The van der Waals surface area contributed by atoms with Gasteiger partial charge in [0.25, 0.3) is 0 Å². The molecule has 4 aromatic rings. The maximum Gasteiger partial charge on any atom is 0.416 e. The fraction of sp³-hybridized carbons (Fsp3) is 0.367. The van der Waals surface area contributed by atoms with Gasteiger partial charge in [-0.15, -0.1) is 0 Å². The Balaban J connectivity index is 1.68. The van der Waals surface area contributed by atoms with Crippen LogP contribution in [0, 0.1) is 12.8 Å². The summed E-state index contributed by atoms with van der Waals surface area (Å²) in [7, 11) is 1.22. The van der Waals surface area contributed by atoms with E-state index in [9.17, 15) is 27.9 Å². The van der Waals surface area contributed by atoms with Crippen LogP contribution in [0.2, 0.25) is 0 Å². The summed E-state index contributed by atoms with van der Waals surface area (Å²) in [6.45, 7) is 2.07. The number of hydrogen-bond acceptors (Lipinski definition) is 7. The van der Waals surface area contributed by atoms with Crippen molar-refractivity contribution >= 4 is 28.9 Å². The molecule has 220 valence electrons. The fourth-order valence-electron chi connectivity index (χ4n) is 5.18. The number of aliphatic carboxylic acids is 1. The van der Waals surface area contributed by atoms with Crippen molar-refractivity contribution in [1.82, 2.24) is 19.5 Å². The molecule has 2 N–H and O–H groups in total. The third kappa shape index (κ3) is 6.22. The topological polar surface area (TPSA) is 119 Å². The van der Waals surface area contributed by atoms with Crippen LogP contribution in [0.25, 0.3) is 22.6 Å². The number of benzene rings is 2. The van der Waals surface area contributed by atoms with Gasteiger partial charge in [0.1, 0.15) is 11.3 Å². The summed E-state index contributed by atoms with van der Waals surface area (Å²) in [5.41, 5.74) is 2.18. The number of carboxylic acid groups (broad SMARTS) is 1. The van der Waals surface area contributed by atoms with Gasteiger partial charge in [0.15, 0.2) is 11.5 Å². The molecule has 12 heteroatoms. The van der Waals surface area contributed by atoms with Crippen molar-refractivity contribution < 1.29 is 32.6 Å². The number of carbonyl (C=O) groups is 2. The van der Waals surface area contributed by atoms with Crippen molar-refractivity contribution in [3.05, 3.63) is 71.0 Å². The van der Waals surface area contributed by atoms with Crippen molar-refractivity contribution in [3.8, 4) is 11.4 Å². The Hall–Kier alpha value is -4.48. The minimum atomic E-state index is -4.46. The van der Waals surface area contributed by atoms with Gasteiger partial charge >= 0.3 is 18.1 Å². The summed E-state index contributed by atoms with van der Waals surface area (Å²) < 4.78 is 46.4. The normalized spacial score (nSPS) is 14.4. The lowest BCUT2D eigenvalue weighted by atomic mass is 9.78. The number of carbonyl (C=O) groups excluding carboxylic acids is 1. The Bertz CT molecular complexity index is 1610. The second-order valence-electron chi connectivity index (χ2n) is 10.5. The molecule has 5 rings (SSSR count). The van der Waals surface area contributed by atoms with Gasteiger partial charge < -0.3 is 19.7 Å². The van der Waals surface area contributed by atoms with Crippen molar-refractivity contribution in [2.75, 3.05) is 12.4 Å². The maximum absolute atomic E-state index is 13.2. The Morgan fingerprint density at radius 2 is 1.86 bits per heavy atom. The quantitative estimate of drug-likeness (QED) is 0.216. The van der Waals surface area contributed by atoms with Crippen LogP contribution in [0.3, 0.4) is 0 Å². The number of rotatable bonds is 10. The van der Waals surface area contributed by atoms with Gasteiger partial charge in [0.2, 0.25) is 5.82 Å². The first-order chi connectivity index (χ1) is 20.0. The first-order valence-corrected chi connectivity index (χ1v) is 13.6. The zero-order chi connectivity index (χ0) is 30.0. The maximum atomic E-state index is 13.2. The number of anilines is 1. The van der Waals surface area contributed by atoms with Crippen molar-refractivity contribution in [2.24, 2.45) is 5.92 Å². The molecule has 0 saturated heterocycles. The second-order valence-corrected chi connectivity index (χ2v) is 10.5. The molecule has 0 spiro atoms. The number of aryl methyl sites for hydroxylation is 1. The number of halogens is 3. The van der Waals surface area contributed by atoms with E-state index in [-0.39, 0.29) is 42.2 Å². The van der Waals surface area contributed by atoms with Crippen molar-refractivity contribution in [2.45, 2.75) is 57.8 Å². The molecule has 1 aliphatic rings. The summed E-state index contributed by atoms with van der Waals surface area (Å²) in [5.74, 6) is -0.912. The molecule has 2 aromatic carbocycles. The van der Waals surface area contributed by atoms with Crippen LogP contribution in [0.1, 0.15) is 59.4 Å². The number of nitrogens with zero attached hydrogens (tertiary/aromatic N) is 4. The standard InChI is InChI=1S/C30H30F3N5O4/c1-17-5-3-8-20(15-17)28-37-26-24(38(28)16-18-9-11-21(12-10-18)30(31,32)33)25(35-27(36-26)29(41)42-2)34-22(13-14-23(39)40)19-6-4-7-19/h3,5,8-12,15,19,22H,4,6-7,13-14,16H2,1-2H3,(H,39,40)(H,34,35,36). The van der Waals surface area contributed by atoms with E-state index >= 15 is 0 Å². The third-order valence-corrected chi connectivity index (χ3v) is 7.58. The van der Waals surface area contributed by atoms with Crippen LogP contribution >= 0.6 is 0 Å². The van der Waals surface area contributed by atoms with Gasteiger partial charge in [-0.3, -0.25) is 4.79 Å². The van der Waals surface area contributed by atoms with E-state index in [1.165, 1.54) is 19.2 Å². The second kappa shape index (κ2) is 11.8. The number of hydrogen-bond donors (Lipinski definition) is 2. The fourth-order valence-corrected chi connectivity index (χ4v) is 5.18. The minimum Gasteiger partial charge on any atom is -0.481 e. The first-order valence-electron chi connectivity index (χ1n) is 13.6. The van der Waals surface area contributed by atoms with E-state index in [2.05, 4.69) is 15.3 Å². The van der Waals surface area contributed by atoms with Gasteiger partial charge in [0, 0.05) is 24.6 Å². The predicted octanol–water partition coefficient (Wildman–Crippen LogP) is 6.10. The minimum absolute atomic E-state index is 0.0500. The van der Waals surface area contributed by atoms with E-state index in [1.807, 2.05) is 35.8 Å². The Kier molecular flexibility index (Phi) is 8.15. The van der Waals surface area contributed by atoms with E-state index < -0.39 is 23.7 Å². The third-order valence-electron chi connectivity index (χ3n) is 7.58. The Morgan fingerprint density at radius 3 is 2.45 bits per heavy atom. The van der Waals surface area contributed by atoms with E-state index in [0.717, 1.165) is 42.5 Å². The SMILES string of the molecule is COC(=O)c1nc(NC(CCC(=O)O)C2CCC2)c2c(n1)nc(-c1cccc(C)c1)n2Cc1ccc(C(F)(F)F)cc1. The van der Waals surface area contributed by atoms with Crippen LogP contribution in [-0.4, -0.2) is 49.7 Å². The summed E-state index contributed by atoms with van der Waals surface area (Å²) in [5, 5.41) is 12.8. The zero-order valence-corrected chi connectivity index (χ0v) is 23.1. The molecule has 9 nitrogen and oxygen atoms in total. The number of carboxylic acids is 1. The zero-order valence-electron chi connectivity index (χ0n) is 23.1. The molecule has 1 fully saturated rings. The monoisotopic (exact) mass is 581 g/mol.